The second kappa shape index (κ2) is 3.93. The molecule has 0 saturated carbocycles. The highest BCUT2D eigenvalue weighted by Gasteiger charge is 2.37. The average molecular weight is 212 g/mol. The van der Waals surface area contributed by atoms with Gasteiger partial charge >= 0.3 is 6.03 Å². The first kappa shape index (κ1) is 10.0. The molecule has 0 radical (unpaired) electrons. The van der Waals surface area contributed by atoms with E-state index in [2.05, 4.69) is 31.2 Å². The lowest BCUT2D eigenvalue weighted by Gasteiger charge is -2.07. The minimum atomic E-state index is -0.155. The maximum atomic E-state index is 10.9. The fraction of sp³-hybridized carbons (Fsp3) is 0.750. The lowest BCUT2D eigenvalue weighted by molar-refractivity contribution is 0.246. The number of carbonyl (C=O) groups excluding carboxylic acids is 1. The monoisotopic (exact) mass is 212 g/mol. The molecule has 2 aliphatic rings. The normalized spacial score (nSPS) is 27.9. The van der Waals surface area contributed by atoms with E-state index in [0.717, 1.165) is 19.0 Å². The molecule has 7 nitrogen and oxygen atoms in total. The van der Waals surface area contributed by atoms with Crippen LogP contribution in [0, 0.1) is 0 Å². The first-order valence-corrected chi connectivity index (χ1v) is 4.94. The van der Waals surface area contributed by atoms with E-state index in [1.807, 2.05) is 14.1 Å². The van der Waals surface area contributed by atoms with Gasteiger partial charge in [0.25, 0.3) is 0 Å². The van der Waals surface area contributed by atoms with Crippen LogP contribution in [0.1, 0.15) is 0 Å². The van der Waals surface area contributed by atoms with Gasteiger partial charge in [-0.25, -0.2) is 4.79 Å². The third-order valence-corrected chi connectivity index (χ3v) is 2.31. The molecule has 0 aromatic carbocycles. The Morgan fingerprint density at radius 2 is 1.80 bits per heavy atom. The van der Waals surface area contributed by atoms with E-state index in [1.165, 1.54) is 0 Å². The topological polar surface area (TPSA) is 80.8 Å². The Morgan fingerprint density at radius 1 is 1.20 bits per heavy atom. The molecule has 2 saturated heterocycles. The van der Waals surface area contributed by atoms with Crippen molar-refractivity contribution in [2.45, 2.75) is 12.3 Å². The standard InChI is InChI=1S/C8H16N6O/c1-14(2)4-3-9-7-10-5-6(11-7)13-8(15)12-5/h5-6H,3-4H2,1-2H3,(H2,9,10,11)(H2,12,13,15). The number of amides is 2. The largest absolute Gasteiger partial charge is 0.333 e. The zero-order chi connectivity index (χ0) is 10.8. The van der Waals surface area contributed by atoms with Crippen LogP contribution in [-0.2, 0) is 0 Å². The maximum absolute atomic E-state index is 10.9. The number of likely N-dealkylation sites (N-methyl/N-ethyl adjacent to an activating group) is 1. The van der Waals surface area contributed by atoms with Gasteiger partial charge in [0.2, 0.25) is 0 Å². The van der Waals surface area contributed by atoms with Gasteiger partial charge in [0.05, 0.1) is 6.54 Å². The average Bonchev–Trinajstić information content (AvgIpc) is 2.60. The maximum Gasteiger partial charge on any atom is 0.318 e. The third-order valence-electron chi connectivity index (χ3n) is 2.31. The Morgan fingerprint density at radius 3 is 2.33 bits per heavy atom. The molecule has 0 aromatic rings. The van der Waals surface area contributed by atoms with Crippen LogP contribution < -0.4 is 21.3 Å². The molecular formula is C8H16N6O. The zero-order valence-electron chi connectivity index (χ0n) is 8.87. The van der Waals surface area contributed by atoms with Crippen LogP contribution in [-0.4, -0.2) is 56.4 Å². The zero-order valence-corrected chi connectivity index (χ0v) is 8.87. The van der Waals surface area contributed by atoms with E-state index >= 15 is 0 Å². The molecule has 0 aromatic heterocycles. The summed E-state index contributed by atoms with van der Waals surface area (Å²) in [4.78, 5) is 17.3. The highest BCUT2D eigenvalue weighted by atomic mass is 16.2. The fourth-order valence-electron chi connectivity index (χ4n) is 1.52. The molecule has 2 amide bonds. The number of carbonyl (C=O) groups is 1. The number of aliphatic imine (C=N–C) groups is 1. The minimum Gasteiger partial charge on any atom is -0.333 e. The third kappa shape index (κ3) is 2.30. The number of nitrogens with one attached hydrogen (secondary N) is 4. The van der Waals surface area contributed by atoms with Crippen LogP contribution in [0.2, 0.25) is 0 Å². The van der Waals surface area contributed by atoms with Crippen molar-refractivity contribution in [2.24, 2.45) is 4.99 Å². The van der Waals surface area contributed by atoms with Crippen molar-refractivity contribution in [3.63, 3.8) is 0 Å². The van der Waals surface area contributed by atoms with Crippen LogP contribution in [0.5, 0.6) is 0 Å². The highest BCUT2D eigenvalue weighted by Crippen LogP contribution is 2.01. The van der Waals surface area contributed by atoms with Crippen molar-refractivity contribution in [1.82, 2.24) is 26.2 Å². The van der Waals surface area contributed by atoms with Crippen molar-refractivity contribution in [2.75, 3.05) is 27.2 Å². The van der Waals surface area contributed by atoms with Gasteiger partial charge in [-0.15, -0.1) is 0 Å². The van der Waals surface area contributed by atoms with Crippen molar-refractivity contribution in [1.29, 1.82) is 0 Å². The molecule has 7 heteroatoms. The SMILES string of the molecule is CN(C)CCN=C1NC2NC(=O)NC2N1. The van der Waals surface area contributed by atoms with Crippen LogP contribution in [0.25, 0.3) is 0 Å². The lowest BCUT2D eigenvalue weighted by atomic mass is 10.4. The number of fused-ring (bicyclic) bond motifs is 1. The summed E-state index contributed by atoms with van der Waals surface area (Å²) in [5, 5.41) is 11.6. The molecule has 0 bridgehead atoms. The summed E-state index contributed by atoms with van der Waals surface area (Å²) in [6.45, 7) is 1.64. The Labute approximate surface area is 88.3 Å². The Bertz CT molecular complexity index is 271. The van der Waals surface area contributed by atoms with Gasteiger partial charge in [-0.1, -0.05) is 0 Å². The summed E-state index contributed by atoms with van der Waals surface area (Å²) >= 11 is 0. The summed E-state index contributed by atoms with van der Waals surface area (Å²) in [5.74, 6) is 0.736. The van der Waals surface area contributed by atoms with Crippen LogP contribution in [0.4, 0.5) is 4.79 Å². The summed E-state index contributed by atoms with van der Waals surface area (Å²) in [7, 11) is 4.01. The molecule has 0 spiro atoms. The first-order valence-electron chi connectivity index (χ1n) is 4.94. The molecule has 15 heavy (non-hydrogen) atoms. The summed E-state index contributed by atoms with van der Waals surface area (Å²) in [6, 6.07) is -0.155. The quantitative estimate of drug-likeness (QED) is 0.439. The number of urea groups is 1. The molecular weight excluding hydrogens is 196 g/mol. The molecule has 4 N–H and O–H groups in total. The van der Waals surface area contributed by atoms with E-state index < -0.39 is 0 Å². The molecule has 2 fully saturated rings. The predicted molar refractivity (Wildman–Crippen MR) is 56.4 cm³/mol. The smallest absolute Gasteiger partial charge is 0.318 e. The van der Waals surface area contributed by atoms with E-state index in [1.54, 1.807) is 0 Å². The minimum absolute atomic E-state index is 0.0874. The molecule has 2 unspecified atom stereocenters. The summed E-state index contributed by atoms with van der Waals surface area (Å²) in [5.41, 5.74) is 0. The van der Waals surface area contributed by atoms with Crippen molar-refractivity contribution >= 4 is 12.0 Å². The lowest BCUT2D eigenvalue weighted by Crippen LogP contribution is -2.39. The van der Waals surface area contributed by atoms with E-state index in [-0.39, 0.29) is 18.4 Å². The van der Waals surface area contributed by atoms with E-state index in [4.69, 9.17) is 0 Å². The molecule has 84 valence electrons. The first-order chi connectivity index (χ1) is 7.15. The molecule has 2 heterocycles. The van der Waals surface area contributed by atoms with Gasteiger partial charge < -0.3 is 26.2 Å². The van der Waals surface area contributed by atoms with Crippen molar-refractivity contribution in [3.8, 4) is 0 Å². The molecule has 2 atom stereocenters. The second-order valence-electron chi connectivity index (χ2n) is 3.90. The summed E-state index contributed by atoms with van der Waals surface area (Å²) < 4.78 is 0. The van der Waals surface area contributed by atoms with Gasteiger partial charge in [-0.3, -0.25) is 4.99 Å². The Kier molecular flexibility index (Phi) is 2.63. The Balaban J connectivity index is 1.81. The van der Waals surface area contributed by atoms with E-state index in [0.29, 0.717) is 0 Å². The number of rotatable bonds is 3. The van der Waals surface area contributed by atoms with Gasteiger partial charge in [0, 0.05) is 6.54 Å². The Hall–Kier alpha value is -1.50. The number of guanidine groups is 1. The van der Waals surface area contributed by atoms with Gasteiger partial charge in [-0.05, 0) is 14.1 Å². The van der Waals surface area contributed by atoms with Crippen LogP contribution in [0.15, 0.2) is 4.99 Å². The van der Waals surface area contributed by atoms with Crippen LogP contribution in [0.3, 0.4) is 0 Å². The van der Waals surface area contributed by atoms with Gasteiger partial charge in [0.15, 0.2) is 5.96 Å². The van der Waals surface area contributed by atoms with Gasteiger partial charge in [-0.2, -0.15) is 0 Å². The highest BCUT2D eigenvalue weighted by molar-refractivity contribution is 5.87. The summed E-state index contributed by atoms with van der Waals surface area (Å²) in [6.07, 6.45) is -0.175. The molecule has 0 aliphatic carbocycles. The number of hydrogen-bond donors (Lipinski definition) is 4. The number of nitrogens with zero attached hydrogens (tertiary/aromatic N) is 2. The predicted octanol–water partition coefficient (Wildman–Crippen LogP) is -1.94. The number of hydrogen-bond acceptors (Lipinski definition) is 3. The van der Waals surface area contributed by atoms with Crippen LogP contribution >= 0.6 is 0 Å². The fourth-order valence-corrected chi connectivity index (χ4v) is 1.52. The van der Waals surface area contributed by atoms with Crippen molar-refractivity contribution in [3.05, 3.63) is 0 Å². The van der Waals surface area contributed by atoms with E-state index in [9.17, 15) is 4.79 Å². The second-order valence-corrected chi connectivity index (χ2v) is 3.90. The molecule has 2 rings (SSSR count). The van der Waals surface area contributed by atoms with Gasteiger partial charge in [0.1, 0.15) is 12.3 Å². The molecule has 2 aliphatic heterocycles. The van der Waals surface area contributed by atoms with Crippen molar-refractivity contribution < 1.29 is 4.79 Å².